The number of rotatable bonds is 12. The van der Waals surface area contributed by atoms with E-state index in [4.69, 9.17) is 18.9 Å². The van der Waals surface area contributed by atoms with Gasteiger partial charge in [-0.25, -0.2) is 4.79 Å². The molecule has 272 valence electrons. The number of piperidine rings is 1. The fraction of sp³-hybridized carbons (Fsp3) is 0.730. The molecule has 5 rings (SSSR count). The molecule has 0 unspecified atom stereocenters. The number of amides is 4. The van der Waals surface area contributed by atoms with Crippen LogP contribution in [0.3, 0.4) is 0 Å². The molecule has 1 N–H and O–H groups in total. The highest BCUT2D eigenvalue weighted by atomic mass is 16.6. The monoisotopic (exact) mass is 684 g/mol. The molecular formula is C37H56N4O8. The Morgan fingerprint density at radius 1 is 1.08 bits per heavy atom. The summed E-state index contributed by atoms with van der Waals surface area (Å²) in [6, 6.07) is 5.54. The molecule has 49 heavy (non-hydrogen) atoms. The lowest BCUT2D eigenvalue weighted by Crippen LogP contribution is -2.57. The van der Waals surface area contributed by atoms with Gasteiger partial charge in [0, 0.05) is 51.7 Å². The molecule has 3 fully saturated rings. The summed E-state index contributed by atoms with van der Waals surface area (Å²) in [7, 11) is 1.63. The van der Waals surface area contributed by atoms with Gasteiger partial charge in [0.2, 0.25) is 11.8 Å². The highest BCUT2D eigenvalue weighted by Gasteiger charge is 2.46. The average Bonchev–Trinajstić information content (AvgIpc) is 3.77. The second kappa shape index (κ2) is 14.8. The van der Waals surface area contributed by atoms with Gasteiger partial charge in [-0.15, -0.1) is 0 Å². The van der Waals surface area contributed by atoms with Crippen LogP contribution in [0.25, 0.3) is 0 Å². The van der Waals surface area contributed by atoms with Crippen LogP contribution in [-0.4, -0.2) is 98.1 Å². The Bertz CT molecular complexity index is 1380. The number of nitrogens with zero attached hydrogens (tertiary/aromatic N) is 3. The third-order valence-electron chi connectivity index (χ3n) is 9.87. The van der Waals surface area contributed by atoms with E-state index in [1.807, 2.05) is 30.0 Å². The number of fused-ring (bicyclic) bond motifs is 1. The molecule has 1 aromatic carbocycles. The van der Waals surface area contributed by atoms with Gasteiger partial charge in [-0.1, -0.05) is 12.8 Å². The number of benzene rings is 1. The predicted octanol–water partition coefficient (Wildman–Crippen LogP) is 5.06. The van der Waals surface area contributed by atoms with Crippen molar-refractivity contribution in [3.8, 4) is 5.75 Å². The zero-order chi connectivity index (χ0) is 35.6. The van der Waals surface area contributed by atoms with Crippen molar-refractivity contribution in [3.63, 3.8) is 0 Å². The number of methoxy groups -OCH3 is 1. The van der Waals surface area contributed by atoms with E-state index in [1.54, 1.807) is 46.6 Å². The van der Waals surface area contributed by atoms with E-state index in [9.17, 15) is 19.2 Å². The molecule has 0 spiro atoms. The van der Waals surface area contributed by atoms with Crippen LogP contribution in [0.5, 0.6) is 5.75 Å². The fourth-order valence-electron chi connectivity index (χ4n) is 7.30. The Balaban J connectivity index is 1.43. The van der Waals surface area contributed by atoms with Gasteiger partial charge in [0.15, 0.2) is 5.60 Å². The molecule has 1 saturated heterocycles. The molecule has 4 amide bonds. The molecule has 4 aliphatic rings. The lowest BCUT2D eigenvalue weighted by Gasteiger charge is -2.41. The first kappa shape index (κ1) is 36.9. The van der Waals surface area contributed by atoms with Crippen LogP contribution in [-0.2, 0) is 28.6 Å². The number of nitrogens with one attached hydrogen (secondary N) is 1. The van der Waals surface area contributed by atoms with Crippen LogP contribution in [0.4, 0.5) is 16.2 Å². The molecule has 2 heterocycles. The molecule has 0 bridgehead atoms. The normalized spacial score (nSPS) is 23.0. The summed E-state index contributed by atoms with van der Waals surface area (Å²) in [5, 5.41) is 3.30. The van der Waals surface area contributed by atoms with E-state index in [-0.39, 0.29) is 36.9 Å². The molecule has 2 aliphatic carbocycles. The van der Waals surface area contributed by atoms with Crippen LogP contribution >= 0.6 is 0 Å². The number of carbonyl (C=O) groups is 4. The first-order valence-electron chi connectivity index (χ1n) is 18.0. The Morgan fingerprint density at radius 2 is 1.78 bits per heavy atom. The maximum absolute atomic E-state index is 14.6. The summed E-state index contributed by atoms with van der Waals surface area (Å²) < 4.78 is 22.9. The maximum Gasteiger partial charge on any atom is 0.410 e. The SMILES string of the molecule is CCOCC1(NC(=O)[C@H]2C[C@@H](C(=O)N(c3ccc4c(c3)N(CCCOC)C(=O)C(C)(C)O4)C3CC3)CN(C(=O)OC(C)(C)C)C2)CCCC1. The van der Waals surface area contributed by atoms with Gasteiger partial charge in [-0.05, 0) is 98.3 Å². The summed E-state index contributed by atoms with van der Waals surface area (Å²) in [6.07, 6.45) is 5.80. The van der Waals surface area contributed by atoms with Crippen LogP contribution in [0, 0.1) is 11.8 Å². The lowest BCUT2D eigenvalue weighted by molar-refractivity contribution is -0.133. The van der Waals surface area contributed by atoms with E-state index < -0.39 is 34.7 Å². The lowest BCUT2D eigenvalue weighted by atomic mass is 9.86. The van der Waals surface area contributed by atoms with Gasteiger partial charge in [-0.2, -0.15) is 0 Å². The second-order valence-corrected chi connectivity index (χ2v) is 15.6. The summed E-state index contributed by atoms with van der Waals surface area (Å²) >= 11 is 0. The first-order valence-corrected chi connectivity index (χ1v) is 18.0. The molecule has 0 radical (unpaired) electrons. The molecule has 12 heteroatoms. The molecule has 2 aliphatic heterocycles. The van der Waals surface area contributed by atoms with Crippen LogP contribution < -0.4 is 19.9 Å². The highest BCUT2D eigenvalue weighted by Crippen LogP contribution is 2.43. The summed E-state index contributed by atoms with van der Waals surface area (Å²) in [4.78, 5) is 60.6. The molecule has 12 nitrogen and oxygen atoms in total. The van der Waals surface area contributed by atoms with Crippen molar-refractivity contribution < 1.29 is 38.1 Å². The van der Waals surface area contributed by atoms with Crippen LogP contribution in [0.1, 0.15) is 92.9 Å². The molecular weight excluding hydrogens is 628 g/mol. The number of hydrogen-bond donors (Lipinski definition) is 1. The largest absolute Gasteiger partial charge is 0.476 e. The molecule has 2 saturated carbocycles. The van der Waals surface area contributed by atoms with Gasteiger partial charge >= 0.3 is 6.09 Å². The zero-order valence-corrected chi connectivity index (χ0v) is 30.5. The van der Waals surface area contributed by atoms with Gasteiger partial charge in [0.1, 0.15) is 11.4 Å². The number of carbonyl (C=O) groups excluding carboxylic acids is 4. The Morgan fingerprint density at radius 3 is 2.41 bits per heavy atom. The van der Waals surface area contributed by atoms with E-state index in [2.05, 4.69) is 5.32 Å². The maximum atomic E-state index is 14.6. The molecule has 1 aromatic rings. The second-order valence-electron chi connectivity index (χ2n) is 15.6. The van der Waals surface area contributed by atoms with Crippen molar-refractivity contribution in [2.75, 3.05) is 56.4 Å². The Labute approximate surface area is 291 Å². The van der Waals surface area contributed by atoms with E-state index in [1.165, 1.54) is 4.90 Å². The number of ether oxygens (including phenoxy) is 4. The van der Waals surface area contributed by atoms with Gasteiger partial charge < -0.3 is 39.0 Å². The zero-order valence-electron chi connectivity index (χ0n) is 30.5. The van der Waals surface area contributed by atoms with Gasteiger partial charge in [0.05, 0.1) is 29.7 Å². The summed E-state index contributed by atoms with van der Waals surface area (Å²) in [6.45, 7) is 13.1. The minimum Gasteiger partial charge on any atom is -0.476 e. The Hall–Kier alpha value is -3.38. The number of hydrogen-bond acceptors (Lipinski definition) is 8. The standard InChI is InChI=1S/C37H56N4O8/c1-8-47-24-37(16-9-10-17-37)38-31(42)25-20-26(23-39(22-25)34(45)49-35(2,3)4)32(43)41(27-12-13-27)28-14-15-30-29(21-28)40(18-11-19-46-7)33(44)36(5,6)48-30/h14-15,21,25-27H,8-13,16-20,22-24H2,1-7H3,(H,38,42)/t25-,26+/m0/s1. The van der Waals surface area contributed by atoms with E-state index in [0.717, 1.165) is 38.5 Å². The van der Waals surface area contributed by atoms with Crippen molar-refractivity contribution >= 4 is 35.2 Å². The van der Waals surface area contributed by atoms with Crippen molar-refractivity contribution in [1.29, 1.82) is 0 Å². The molecule has 0 aromatic heterocycles. The van der Waals surface area contributed by atoms with Crippen molar-refractivity contribution in [3.05, 3.63) is 18.2 Å². The van der Waals surface area contributed by atoms with Crippen LogP contribution in [0.15, 0.2) is 18.2 Å². The minimum absolute atomic E-state index is 0.0127. The van der Waals surface area contributed by atoms with Crippen molar-refractivity contribution in [2.45, 2.75) is 116 Å². The Kier molecular flexibility index (Phi) is 11.2. The average molecular weight is 685 g/mol. The van der Waals surface area contributed by atoms with Gasteiger partial charge in [0.25, 0.3) is 5.91 Å². The minimum atomic E-state index is -1.03. The molecule has 2 atom stereocenters. The van der Waals surface area contributed by atoms with Crippen molar-refractivity contribution in [1.82, 2.24) is 10.2 Å². The summed E-state index contributed by atoms with van der Waals surface area (Å²) in [5.74, 6) is -1.11. The van der Waals surface area contributed by atoms with Gasteiger partial charge in [-0.3, -0.25) is 14.4 Å². The van der Waals surface area contributed by atoms with Crippen LogP contribution in [0.2, 0.25) is 0 Å². The van der Waals surface area contributed by atoms with Crippen molar-refractivity contribution in [2.24, 2.45) is 11.8 Å². The smallest absolute Gasteiger partial charge is 0.410 e. The topological polar surface area (TPSA) is 127 Å². The van der Waals surface area contributed by atoms with E-state index >= 15 is 0 Å². The fourth-order valence-corrected chi connectivity index (χ4v) is 7.30. The third-order valence-corrected chi connectivity index (χ3v) is 9.87. The quantitative estimate of drug-likeness (QED) is 0.303. The summed E-state index contributed by atoms with van der Waals surface area (Å²) in [5.41, 5.74) is -0.924. The highest BCUT2D eigenvalue weighted by molar-refractivity contribution is 6.04. The third kappa shape index (κ3) is 8.68. The van der Waals surface area contributed by atoms with E-state index in [0.29, 0.717) is 56.3 Å². The number of likely N-dealkylation sites (tertiary alicyclic amines) is 1. The number of anilines is 2. The first-order chi connectivity index (χ1) is 23.2. The predicted molar refractivity (Wildman–Crippen MR) is 186 cm³/mol.